The quantitative estimate of drug-likeness (QED) is 0.823. The molecule has 6 nitrogen and oxygen atoms in total. The summed E-state index contributed by atoms with van der Waals surface area (Å²) in [4.78, 5) is 38.2. The van der Waals surface area contributed by atoms with Crippen molar-refractivity contribution in [2.24, 2.45) is 7.05 Å². The number of hydrogen-bond acceptors (Lipinski definition) is 4. The molecule has 1 aliphatic rings. The molecular weight excluding hydrogens is 350 g/mol. The van der Waals surface area contributed by atoms with Gasteiger partial charge in [0, 0.05) is 26.3 Å². The second-order valence-electron chi connectivity index (χ2n) is 6.00. The lowest BCUT2D eigenvalue weighted by Crippen LogP contribution is -2.37. The normalized spacial score (nSPS) is 15.8. The van der Waals surface area contributed by atoms with Crippen molar-refractivity contribution in [2.45, 2.75) is 6.92 Å². The summed E-state index contributed by atoms with van der Waals surface area (Å²) in [5.41, 5.74) is 2.53. The Labute approximate surface area is 155 Å². The predicted molar refractivity (Wildman–Crippen MR) is 102 cm³/mol. The number of imide groups is 1. The SMILES string of the molecule is Cc1ccc(/C=C2\SC(=O)N(CCNC(=O)c3cccn3C)C2=O)cc1. The average molecular weight is 369 g/mol. The van der Waals surface area contributed by atoms with E-state index in [0.717, 1.165) is 27.8 Å². The zero-order valence-electron chi connectivity index (χ0n) is 14.6. The Hall–Kier alpha value is -2.80. The van der Waals surface area contributed by atoms with E-state index in [2.05, 4.69) is 5.32 Å². The molecule has 134 valence electrons. The minimum atomic E-state index is -0.325. The van der Waals surface area contributed by atoms with Gasteiger partial charge < -0.3 is 9.88 Å². The highest BCUT2D eigenvalue weighted by atomic mass is 32.2. The number of nitrogens with one attached hydrogen (secondary N) is 1. The number of hydrogen-bond donors (Lipinski definition) is 1. The fraction of sp³-hybridized carbons (Fsp3) is 0.211. The monoisotopic (exact) mass is 369 g/mol. The summed E-state index contributed by atoms with van der Waals surface area (Å²) in [7, 11) is 1.78. The van der Waals surface area contributed by atoms with Crippen molar-refractivity contribution in [3.05, 3.63) is 64.3 Å². The number of amides is 3. The van der Waals surface area contributed by atoms with E-state index in [0.29, 0.717) is 10.6 Å². The van der Waals surface area contributed by atoms with Crippen molar-refractivity contribution in [3.8, 4) is 0 Å². The lowest BCUT2D eigenvalue weighted by Gasteiger charge is -2.13. The summed E-state index contributed by atoms with van der Waals surface area (Å²) in [6.07, 6.45) is 3.49. The maximum Gasteiger partial charge on any atom is 0.293 e. The van der Waals surface area contributed by atoms with Gasteiger partial charge in [-0.1, -0.05) is 29.8 Å². The number of aryl methyl sites for hydroxylation is 2. The van der Waals surface area contributed by atoms with Gasteiger partial charge in [-0.3, -0.25) is 19.3 Å². The van der Waals surface area contributed by atoms with E-state index < -0.39 is 0 Å². The van der Waals surface area contributed by atoms with Crippen LogP contribution in [-0.4, -0.2) is 39.6 Å². The first-order chi connectivity index (χ1) is 12.5. The summed E-state index contributed by atoms with van der Waals surface area (Å²) in [5.74, 6) is -0.562. The molecule has 3 rings (SSSR count). The van der Waals surface area contributed by atoms with E-state index in [1.165, 1.54) is 0 Å². The summed E-state index contributed by atoms with van der Waals surface area (Å²) in [6, 6.07) is 11.2. The Morgan fingerprint density at radius 3 is 2.58 bits per heavy atom. The maximum absolute atomic E-state index is 12.4. The molecule has 2 aromatic rings. The first-order valence-corrected chi connectivity index (χ1v) is 8.99. The molecule has 1 aromatic carbocycles. The highest BCUT2D eigenvalue weighted by Gasteiger charge is 2.34. The first kappa shape index (κ1) is 18.0. The molecule has 0 unspecified atom stereocenters. The smallest absolute Gasteiger partial charge is 0.293 e. The minimum absolute atomic E-state index is 0.145. The highest BCUT2D eigenvalue weighted by molar-refractivity contribution is 8.18. The molecule has 7 heteroatoms. The fourth-order valence-electron chi connectivity index (χ4n) is 2.58. The summed E-state index contributed by atoms with van der Waals surface area (Å²) >= 11 is 0.922. The standard InChI is InChI=1S/C19H19N3O3S/c1-13-5-7-14(8-6-13)12-16-18(24)22(19(25)26-16)11-9-20-17(23)15-4-3-10-21(15)2/h3-8,10,12H,9,11H2,1-2H3,(H,20,23)/b16-12-. The van der Waals surface area contributed by atoms with Crippen LogP contribution in [0, 0.1) is 6.92 Å². The molecule has 26 heavy (non-hydrogen) atoms. The van der Waals surface area contributed by atoms with Crippen LogP contribution in [0.5, 0.6) is 0 Å². The Bertz CT molecular complexity index is 884. The molecule has 0 bridgehead atoms. The Kier molecular flexibility index (Phi) is 5.27. The molecule has 1 aromatic heterocycles. The molecule has 1 fully saturated rings. The zero-order chi connectivity index (χ0) is 18.7. The van der Waals surface area contributed by atoms with E-state index in [4.69, 9.17) is 0 Å². The van der Waals surface area contributed by atoms with Gasteiger partial charge in [0.15, 0.2) is 0 Å². The summed E-state index contributed by atoms with van der Waals surface area (Å²) in [6.45, 7) is 2.34. The van der Waals surface area contributed by atoms with Gasteiger partial charge in [-0.15, -0.1) is 0 Å². The van der Waals surface area contributed by atoms with Crippen molar-refractivity contribution in [2.75, 3.05) is 13.1 Å². The van der Waals surface area contributed by atoms with Gasteiger partial charge in [0.2, 0.25) is 0 Å². The molecule has 3 amide bonds. The van der Waals surface area contributed by atoms with Crippen LogP contribution < -0.4 is 5.32 Å². The molecule has 0 spiro atoms. The van der Waals surface area contributed by atoms with Crippen LogP contribution in [0.2, 0.25) is 0 Å². The van der Waals surface area contributed by atoms with Crippen LogP contribution in [0.4, 0.5) is 4.79 Å². The highest BCUT2D eigenvalue weighted by Crippen LogP contribution is 2.31. The molecule has 0 aliphatic carbocycles. The molecule has 0 radical (unpaired) electrons. The number of rotatable bonds is 5. The van der Waals surface area contributed by atoms with Crippen LogP contribution in [0.1, 0.15) is 21.6 Å². The number of aromatic nitrogens is 1. The Balaban J connectivity index is 1.60. The lowest BCUT2D eigenvalue weighted by molar-refractivity contribution is -0.122. The van der Waals surface area contributed by atoms with Crippen LogP contribution in [0.15, 0.2) is 47.5 Å². The van der Waals surface area contributed by atoms with E-state index in [9.17, 15) is 14.4 Å². The van der Waals surface area contributed by atoms with Gasteiger partial charge in [0.25, 0.3) is 17.1 Å². The molecule has 1 N–H and O–H groups in total. The summed E-state index contributed by atoms with van der Waals surface area (Å²) in [5, 5.41) is 2.41. The van der Waals surface area contributed by atoms with Crippen molar-refractivity contribution < 1.29 is 14.4 Å². The largest absolute Gasteiger partial charge is 0.349 e. The number of benzene rings is 1. The van der Waals surface area contributed by atoms with Gasteiger partial charge in [-0.05, 0) is 42.5 Å². The van der Waals surface area contributed by atoms with Crippen LogP contribution in [0.25, 0.3) is 6.08 Å². The fourth-order valence-corrected chi connectivity index (χ4v) is 3.44. The average Bonchev–Trinajstić information content (AvgIpc) is 3.15. The maximum atomic E-state index is 12.4. The summed E-state index contributed by atoms with van der Waals surface area (Å²) < 4.78 is 1.71. The van der Waals surface area contributed by atoms with Crippen molar-refractivity contribution in [3.63, 3.8) is 0 Å². The lowest BCUT2D eigenvalue weighted by atomic mass is 10.1. The predicted octanol–water partition coefficient (Wildman–Crippen LogP) is 2.80. The third-order valence-electron chi connectivity index (χ3n) is 4.05. The third kappa shape index (κ3) is 3.88. The second kappa shape index (κ2) is 7.61. The van der Waals surface area contributed by atoms with Crippen LogP contribution in [0.3, 0.4) is 0 Å². The van der Waals surface area contributed by atoms with Gasteiger partial charge in [0.1, 0.15) is 5.69 Å². The second-order valence-corrected chi connectivity index (χ2v) is 7.00. The van der Waals surface area contributed by atoms with Gasteiger partial charge in [-0.2, -0.15) is 0 Å². The number of thioether (sulfide) groups is 1. The van der Waals surface area contributed by atoms with Crippen molar-refractivity contribution in [1.29, 1.82) is 0 Å². The number of carbonyl (C=O) groups is 3. The van der Waals surface area contributed by atoms with Gasteiger partial charge in [-0.25, -0.2) is 0 Å². The third-order valence-corrected chi connectivity index (χ3v) is 4.95. The van der Waals surface area contributed by atoms with Crippen LogP contribution in [-0.2, 0) is 11.8 Å². The van der Waals surface area contributed by atoms with E-state index in [1.807, 2.05) is 31.2 Å². The van der Waals surface area contributed by atoms with Crippen molar-refractivity contribution >= 4 is 34.9 Å². The minimum Gasteiger partial charge on any atom is -0.349 e. The van der Waals surface area contributed by atoms with Gasteiger partial charge in [0.05, 0.1) is 4.91 Å². The molecular formula is C19H19N3O3S. The number of carbonyl (C=O) groups excluding carboxylic acids is 3. The van der Waals surface area contributed by atoms with Gasteiger partial charge >= 0.3 is 0 Å². The molecule has 1 aliphatic heterocycles. The topological polar surface area (TPSA) is 71.4 Å². The molecule has 1 saturated heterocycles. The number of nitrogens with zero attached hydrogens (tertiary/aromatic N) is 2. The molecule has 0 atom stereocenters. The molecule has 2 heterocycles. The first-order valence-electron chi connectivity index (χ1n) is 8.17. The Morgan fingerprint density at radius 1 is 1.19 bits per heavy atom. The zero-order valence-corrected chi connectivity index (χ0v) is 15.4. The van der Waals surface area contributed by atoms with Crippen molar-refractivity contribution in [1.82, 2.24) is 14.8 Å². The van der Waals surface area contributed by atoms with E-state index in [1.54, 1.807) is 36.0 Å². The van der Waals surface area contributed by atoms with E-state index in [-0.39, 0.29) is 30.1 Å². The molecule has 0 saturated carbocycles. The van der Waals surface area contributed by atoms with E-state index >= 15 is 0 Å². The Morgan fingerprint density at radius 2 is 1.92 bits per heavy atom. The van der Waals surface area contributed by atoms with Crippen LogP contribution >= 0.6 is 11.8 Å².